The Hall–Kier alpha value is -1.06. The van der Waals surface area contributed by atoms with E-state index in [1.807, 2.05) is 0 Å². The lowest BCUT2D eigenvalue weighted by Gasteiger charge is -2.50. The van der Waals surface area contributed by atoms with Gasteiger partial charge in [0.25, 0.3) is 0 Å². The molecule has 2 saturated carbocycles. The third kappa shape index (κ3) is 2.17. The minimum atomic E-state index is -0.495. The Morgan fingerprint density at radius 2 is 2.35 bits per heavy atom. The van der Waals surface area contributed by atoms with Crippen molar-refractivity contribution >= 4 is 5.78 Å². The van der Waals surface area contributed by atoms with E-state index in [0.29, 0.717) is 25.2 Å². The molecule has 0 saturated heterocycles. The Morgan fingerprint density at radius 1 is 1.53 bits per heavy atom. The van der Waals surface area contributed by atoms with Crippen LogP contribution in [0.1, 0.15) is 44.9 Å². The van der Waals surface area contributed by atoms with Crippen LogP contribution < -0.4 is 0 Å². The molecule has 0 amide bonds. The van der Waals surface area contributed by atoms with E-state index in [1.54, 1.807) is 0 Å². The Bertz CT molecular complexity index is 352. The molecule has 0 heterocycles. The molecule has 0 aliphatic heterocycles. The monoisotopic (exact) mass is 237 g/mol. The Labute approximate surface area is 101 Å². The molecule has 17 heavy (non-hydrogen) atoms. The smallest absolute Gasteiger partial charge is 0.139 e. The predicted octanol–water partition coefficient (Wildman–Crippen LogP) is 2.59. The van der Waals surface area contributed by atoms with Crippen molar-refractivity contribution in [1.82, 2.24) is 0 Å². The maximum Gasteiger partial charge on any atom is 0.139 e. The molecule has 0 aromatic rings. The number of rotatable bonds is 4. The van der Waals surface area contributed by atoms with Gasteiger partial charge in [-0.25, -0.2) is 0 Å². The van der Waals surface area contributed by atoms with Gasteiger partial charge in [-0.05, 0) is 37.1 Å². The van der Waals surface area contributed by atoms with E-state index in [9.17, 15) is 9.90 Å². The summed E-state index contributed by atoms with van der Waals surface area (Å²) in [6.45, 7) is 0.318. The molecule has 0 unspecified atom stereocenters. The number of carbonyl (C=O) groups is 1. The van der Waals surface area contributed by atoms with Crippen molar-refractivity contribution in [1.29, 1.82) is 0 Å². The van der Waals surface area contributed by atoms with E-state index in [0.717, 1.165) is 32.1 Å². The van der Waals surface area contributed by atoms with Crippen molar-refractivity contribution in [3.8, 4) is 0 Å². The van der Waals surface area contributed by atoms with Gasteiger partial charge in [0.05, 0.1) is 6.10 Å². The van der Waals surface area contributed by atoms with Gasteiger partial charge in [0.2, 0.25) is 0 Å². The summed E-state index contributed by atoms with van der Waals surface area (Å²) in [5.74, 6) is 0.427. The highest BCUT2D eigenvalue weighted by Crippen LogP contribution is 2.53. The summed E-state index contributed by atoms with van der Waals surface area (Å²) < 4.78 is 0. The molecule has 94 valence electrons. The second-order valence-electron chi connectivity index (χ2n) is 5.24. The van der Waals surface area contributed by atoms with Crippen molar-refractivity contribution in [3.05, 3.63) is 10.4 Å². The second-order valence-corrected chi connectivity index (χ2v) is 5.24. The van der Waals surface area contributed by atoms with E-state index in [-0.39, 0.29) is 11.3 Å². The fourth-order valence-electron chi connectivity index (χ4n) is 3.47. The van der Waals surface area contributed by atoms with Crippen LogP contribution in [-0.4, -0.2) is 23.5 Å². The van der Waals surface area contributed by atoms with Crippen molar-refractivity contribution in [3.63, 3.8) is 0 Å². The first kappa shape index (κ1) is 12.4. The number of Topliss-reactive ketones (excluding diaryl/α,β-unsaturated/α-hetero) is 1. The molecular formula is C12H19N3O2. The van der Waals surface area contributed by atoms with E-state index in [4.69, 9.17) is 5.53 Å². The number of aliphatic hydroxyl groups excluding tert-OH is 1. The lowest BCUT2D eigenvalue weighted by Crippen LogP contribution is -2.52. The normalized spacial score (nSPS) is 33.9. The summed E-state index contributed by atoms with van der Waals surface area (Å²) >= 11 is 0. The maximum absolute atomic E-state index is 11.9. The molecule has 1 spiro atoms. The van der Waals surface area contributed by atoms with Crippen LogP contribution in [0.15, 0.2) is 5.11 Å². The number of carbonyl (C=O) groups excluding carboxylic acids is 1. The molecule has 2 aliphatic rings. The topological polar surface area (TPSA) is 86.1 Å². The first-order valence-electron chi connectivity index (χ1n) is 6.43. The largest absolute Gasteiger partial charge is 0.393 e. The molecule has 2 fully saturated rings. The highest BCUT2D eigenvalue weighted by atomic mass is 16.3. The van der Waals surface area contributed by atoms with E-state index < -0.39 is 6.10 Å². The summed E-state index contributed by atoms with van der Waals surface area (Å²) in [5, 5.41) is 13.6. The Morgan fingerprint density at radius 3 is 2.94 bits per heavy atom. The van der Waals surface area contributed by atoms with E-state index >= 15 is 0 Å². The van der Waals surface area contributed by atoms with Crippen LogP contribution in [0.25, 0.3) is 10.4 Å². The van der Waals surface area contributed by atoms with Gasteiger partial charge >= 0.3 is 0 Å². The van der Waals surface area contributed by atoms with Gasteiger partial charge in [-0.3, -0.25) is 4.79 Å². The molecule has 1 N–H and O–H groups in total. The molecule has 3 atom stereocenters. The lowest BCUT2D eigenvalue weighted by molar-refractivity contribution is -0.152. The van der Waals surface area contributed by atoms with Crippen LogP contribution in [0.4, 0.5) is 0 Å². The molecule has 5 nitrogen and oxygen atoms in total. The van der Waals surface area contributed by atoms with Gasteiger partial charge in [0, 0.05) is 23.3 Å². The summed E-state index contributed by atoms with van der Waals surface area (Å²) in [6, 6.07) is 0. The van der Waals surface area contributed by atoms with Gasteiger partial charge < -0.3 is 5.11 Å². The quantitative estimate of drug-likeness (QED) is 0.463. The average Bonchev–Trinajstić information content (AvgIpc) is 2.37. The van der Waals surface area contributed by atoms with Gasteiger partial charge in [0.1, 0.15) is 5.78 Å². The molecule has 0 aromatic heterocycles. The van der Waals surface area contributed by atoms with Crippen molar-refractivity contribution in [2.24, 2.45) is 16.4 Å². The fourth-order valence-corrected chi connectivity index (χ4v) is 3.47. The van der Waals surface area contributed by atoms with Crippen molar-refractivity contribution in [2.75, 3.05) is 6.54 Å². The van der Waals surface area contributed by atoms with Crippen molar-refractivity contribution in [2.45, 2.75) is 51.0 Å². The summed E-state index contributed by atoms with van der Waals surface area (Å²) in [4.78, 5) is 14.5. The minimum absolute atomic E-state index is 0.0893. The zero-order valence-electron chi connectivity index (χ0n) is 10.0. The van der Waals surface area contributed by atoms with Crippen LogP contribution in [-0.2, 0) is 4.79 Å². The minimum Gasteiger partial charge on any atom is -0.393 e. The van der Waals surface area contributed by atoms with Gasteiger partial charge in [-0.1, -0.05) is 18.0 Å². The number of hydrogen-bond donors (Lipinski definition) is 1. The van der Waals surface area contributed by atoms with Gasteiger partial charge in [0.15, 0.2) is 0 Å². The van der Waals surface area contributed by atoms with Crippen LogP contribution >= 0.6 is 0 Å². The van der Waals surface area contributed by atoms with Crippen LogP contribution in [0.3, 0.4) is 0 Å². The fraction of sp³-hybridized carbons (Fsp3) is 0.917. The Balaban J connectivity index is 2.01. The molecule has 0 aromatic carbocycles. The number of azide groups is 1. The summed E-state index contributed by atoms with van der Waals surface area (Å²) in [6.07, 6.45) is 5.67. The van der Waals surface area contributed by atoms with E-state index in [1.165, 1.54) is 0 Å². The zero-order valence-corrected chi connectivity index (χ0v) is 10.0. The molecule has 0 bridgehead atoms. The summed E-state index contributed by atoms with van der Waals surface area (Å²) in [5.41, 5.74) is 7.99. The first-order valence-corrected chi connectivity index (χ1v) is 6.43. The van der Waals surface area contributed by atoms with Gasteiger partial charge in [-0.15, -0.1) is 0 Å². The second kappa shape index (κ2) is 5.07. The number of aliphatic hydroxyl groups is 1. The summed E-state index contributed by atoms with van der Waals surface area (Å²) in [7, 11) is 0. The average molecular weight is 237 g/mol. The Kier molecular flexibility index (Phi) is 3.69. The first-order chi connectivity index (χ1) is 8.20. The van der Waals surface area contributed by atoms with Crippen LogP contribution in [0.5, 0.6) is 0 Å². The van der Waals surface area contributed by atoms with Gasteiger partial charge in [-0.2, -0.15) is 0 Å². The third-order valence-corrected chi connectivity index (χ3v) is 4.50. The van der Waals surface area contributed by atoms with Crippen molar-refractivity contribution < 1.29 is 9.90 Å². The molecule has 0 radical (unpaired) electrons. The molecular weight excluding hydrogens is 218 g/mol. The van der Waals surface area contributed by atoms with Crippen LogP contribution in [0.2, 0.25) is 0 Å². The number of ketones is 1. The maximum atomic E-state index is 11.9. The SMILES string of the molecule is [N-]=[N+]=NCC[C@H](O)[C@H]1CCCC[C@@]12CCC2=O. The standard InChI is InChI=1S/C12H19N3O2/c13-15-14-8-5-10(16)9-3-1-2-6-12(9)7-4-11(12)17/h9-10,16H,1-8H2/t9-,10+,12-/m1/s1. The van der Waals surface area contributed by atoms with E-state index in [2.05, 4.69) is 10.0 Å². The highest BCUT2D eigenvalue weighted by molar-refractivity contribution is 5.90. The predicted molar refractivity (Wildman–Crippen MR) is 63.3 cm³/mol. The molecule has 2 aliphatic carbocycles. The lowest BCUT2D eigenvalue weighted by atomic mass is 9.53. The third-order valence-electron chi connectivity index (χ3n) is 4.50. The highest BCUT2D eigenvalue weighted by Gasteiger charge is 2.53. The molecule has 5 heteroatoms. The molecule has 2 rings (SSSR count). The number of hydrogen-bond acceptors (Lipinski definition) is 3. The zero-order chi connectivity index (χ0) is 12.3. The number of nitrogens with zero attached hydrogens (tertiary/aromatic N) is 3. The van der Waals surface area contributed by atoms with Crippen LogP contribution in [0, 0.1) is 11.3 Å².